The van der Waals surface area contributed by atoms with Crippen LogP contribution in [0.15, 0.2) is 41.1 Å². The summed E-state index contributed by atoms with van der Waals surface area (Å²) in [6.45, 7) is 3.94. The Morgan fingerprint density at radius 2 is 1.97 bits per heavy atom. The molecule has 3 aromatic rings. The average Bonchev–Trinajstić information content (AvgIpc) is 3.42. The van der Waals surface area contributed by atoms with Gasteiger partial charge in [0.2, 0.25) is 11.9 Å². The van der Waals surface area contributed by atoms with Crippen LogP contribution in [0.25, 0.3) is 11.3 Å². The van der Waals surface area contributed by atoms with E-state index < -0.39 is 0 Å². The van der Waals surface area contributed by atoms with Crippen LogP contribution in [0.1, 0.15) is 47.6 Å². The lowest BCUT2D eigenvalue weighted by Crippen LogP contribution is -2.31. The van der Waals surface area contributed by atoms with Crippen molar-refractivity contribution in [1.29, 1.82) is 0 Å². The minimum Gasteiger partial charge on any atom is -0.356 e. The van der Waals surface area contributed by atoms with Crippen LogP contribution in [0.5, 0.6) is 0 Å². The topological polar surface area (TPSA) is 104 Å². The Balaban J connectivity index is 1.68. The van der Waals surface area contributed by atoms with E-state index in [2.05, 4.69) is 15.5 Å². The molecule has 1 saturated heterocycles. The molecule has 0 aliphatic carbocycles. The fraction of sp³-hybridized carbons (Fsp3) is 0.348. The number of carbonyl (C=O) groups excluding carboxylic acids is 2. The molecule has 0 bridgehead atoms. The molecule has 0 saturated carbocycles. The van der Waals surface area contributed by atoms with Gasteiger partial charge in [0.05, 0.1) is 23.0 Å². The first kappa shape index (κ1) is 21.5. The maximum atomic E-state index is 13.4. The van der Waals surface area contributed by atoms with Crippen molar-refractivity contribution in [3.05, 3.63) is 53.5 Å². The van der Waals surface area contributed by atoms with Crippen molar-refractivity contribution in [2.45, 2.75) is 32.7 Å². The molecule has 3 heterocycles. The van der Waals surface area contributed by atoms with Gasteiger partial charge in [0.15, 0.2) is 5.76 Å². The normalized spacial score (nSPS) is 15.6. The maximum absolute atomic E-state index is 13.4. The minimum atomic E-state index is -0.209. The van der Waals surface area contributed by atoms with Gasteiger partial charge in [-0.05, 0) is 44.0 Å². The molecule has 0 unspecified atom stereocenters. The first-order chi connectivity index (χ1) is 15.3. The highest BCUT2D eigenvalue weighted by molar-refractivity contribution is 5.96. The molecule has 1 aromatic carbocycles. The van der Waals surface area contributed by atoms with Gasteiger partial charge in [-0.15, -0.1) is 0 Å². The van der Waals surface area contributed by atoms with Crippen LogP contribution in [-0.4, -0.2) is 52.5 Å². The number of rotatable bonds is 5. The summed E-state index contributed by atoms with van der Waals surface area (Å²) in [6.07, 6.45) is 3.40. The summed E-state index contributed by atoms with van der Waals surface area (Å²) in [4.78, 5) is 37.6. The molecule has 32 heavy (non-hydrogen) atoms. The van der Waals surface area contributed by atoms with Gasteiger partial charge >= 0.3 is 0 Å². The van der Waals surface area contributed by atoms with Gasteiger partial charge in [0.1, 0.15) is 0 Å². The smallest absolute Gasteiger partial charge is 0.254 e. The Kier molecular flexibility index (Phi) is 5.89. The van der Waals surface area contributed by atoms with Gasteiger partial charge in [-0.3, -0.25) is 9.59 Å². The van der Waals surface area contributed by atoms with Crippen LogP contribution < -0.4 is 10.2 Å². The highest BCUT2D eigenvalue weighted by Crippen LogP contribution is 2.38. The number of amides is 2. The molecule has 0 radical (unpaired) electrons. The molecule has 9 nitrogen and oxygen atoms in total. The number of aryl methyl sites for hydroxylation is 1. The number of carbonyl (C=O) groups is 2. The molecule has 4 rings (SSSR count). The summed E-state index contributed by atoms with van der Waals surface area (Å²) in [7, 11) is 3.76. The van der Waals surface area contributed by atoms with Crippen molar-refractivity contribution in [3.8, 4) is 11.3 Å². The summed E-state index contributed by atoms with van der Waals surface area (Å²) in [5.74, 6) is 0.923. The second-order valence-electron chi connectivity index (χ2n) is 8.11. The third kappa shape index (κ3) is 4.32. The fourth-order valence-electron chi connectivity index (χ4n) is 3.89. The number of hydrogen-bond donors (Lipinski definition) is 1. The van der Waals surface area contributed by atoms with E-state index in [4.69, 9.17) is 9.51 Å². The van der Waals surface area contributed by atoms with Crippen molar-refractivity contribution >= 4 is 23.5 Å². The molecule has 0 spiro atoms. The number of likely N-dealkylation sites (tertiary alicyclic amines) is 1. The first-order valence-electron chi connectivity index (χ1n) is 10.5. The maximum Gasteiger partial charge on any atom is 0.254 e. The number of aromatic nitrogens is 3. The van der Waals surface area contributed by atoms with E-state index in [1.54, 1.807) is 30.5 Å². The summed E-state index contributed by atoms with van der Waals surface area (Å²) < 4.78 is 5.49. The Morgan fingerprint density at radius 3 is 2.59 bits per heavy atom. The van der Waals surface area contributed by atoms with Crippen molar-refractivity contribution < 1.29 is 14.1 Å². The zero-order valence-electron chi connectivity index (χ0n) is 18.6. The molecule has 1 aliphatic rings. The predicted octanol–water partition coefficient (Wildman–Crippen LogP) is 3.44. The van der Waals surface area contributed by atoms with Crippen molar-refractivity contribution in [1.82, 2.24) is 20.0 Å². The lowest BCUT2D eigenvalue weighted by Gasteiger charge is -2.26. The standard InChI is InChI=1S/C23H26N6O3/c1-14-12-20(32-27-14)18-13-24-23(28(3)4)26-21(18)19-6-5-11-29(19)22(31)16-7-9-17(10-8-16)25-15(2)30/h7-10,12-13,19H,5-6,11H2,1-4H3,(H,25,30)/t19-/m1/s1. The lowest BCUT2D eigenvalue weighted by atomic mass is 10.0. The highest BCUT2D eigenvalue weighted by Gasteiger charge is 2.34. The van der Waals surface area contributed by atoms with E-state index in [0.29, 0.717) is 29.5 Å². The summed E-state index contributed by atoms with van der Waals surface area (Å²) in [5, 5.41) is 6.71. The van der Waals surface area contributed by atoms with Crippen LogP contribution in [0, 0.1) is 6.92 Å². The van der Waals surface area contributed by atoms with Crippen molar-refractivity contribution in [2.75, 3.05) is 30.9 Å². The van der Waals surface area contributed by atoms with Crippen LogP contribution in [0.2, 0.25) is 0 Å². The Labute approximate surface area is 186 Å². The van der Waals surface area contributed by atoms with Gasteiger partial charge in [-0.1, -0.05) is 5.16 Å². The Bertz CT molecular complexity index is 1140. The summed E-state index contributed by atoms with van der Waals surface area (Å²) >= 11 is 0. The van der Waals surface area contributed by atoms with Crippen LogP contribution >= 0.6 is 0 Å². The molecule has 1 N–H and O–H groups in total. The Morgan fingerprint density at radius 1 is 1.22 bits per heavy atom. The van der Waals surface area contributed by atoms with E-state index in [0.717, 1.165) is 29.8 Å². The molecule has 2 aromatic heterocycles. The second kappa shape index (κ2) is 8.78. The molecule has 166 valence electrons. The van der Waals surface area contributed by atoms with Crippen molar-refractivity contribution in [3.63, 3.8) is 0 Å². The third-order valence-electron chi connectivity index (χ3n) is 5.38. The quantitative estimate of drug-likeness (QED) is 0.656. The van der Waals surface area contributed by atoms with Gasteiger partial charge in [-0.25, -0.2) is 9.97 Å². The minimum absolute atomic E-state index is 0.0772. The van der Waals surface area contributed by atoms with Crippen LogP contribution in [-0.2, 0) is 4.79 Å². The fourth-order valence-corrected chi connectivity index (χ4v) is 3.89. The van der Waals surface area contributed by atoms with Crippen LogP contribution in [0.3, 0.4) is 0 Å². The largest absolute Gasteiger partial charge is 0.356 e. The summed E-state index contributed by atoms with van der Waals surface area (Å²) in [5.41, 5.74) is 3.47. The second-order valence-corrected chi connectivity index (χ2v) is 8.11. The van der Waals surface area contributed by atoms with E-state index in [1.165, 1.54) is 6.92 Å². The van der Waals surface area contributed by atoms with E-state index in [1.807, 2.05) is 36.9 Å². The highest BCUT2D eigenvalue weighted by atomic mass is 16.5. The average molecular weight is 435 g/mol. The Hall–Kier alpha value is -3.75. The zero-order chi connectivity index (χ0) is 22.8. The van der Waals surface area contributed by atoms with E-state index in [-0.39, 0.29) is 17.9 Å². The van der Waals surface area contributed by atoms with Gasteiger partial charge in [0, 0.05) is 51.1 Å². The monoisotopic (exact) mass is 434 g/mol. The molecular weight excluding hydrogens is 408 g/mol. The van der Waals surface area contributed by atoms with Gasteiger partial charge < -0.3 is 19.6 Å². The SMILES string of the molecule is CC(=O)Nc1ccc(C(=O)N2CCC[C@@H]2c2nc(N(C)C)ncc2-c2cc(C)no2)cc1. The number of anilines is 2. The van der Waals surface area contributed by atoms with Crippen molar-refractivity contribution in [2.24, 2.45) is 0 Å². The van der Waals surface area contributed by atoms with Gasteiger partial charge in [0.25, 0.3) is 5.91 Å². The molecule has 1 aliphatic heterocycles. The molecule has 1 atom stereocenters. The predicted molar refractivity (Wildman–Crippen MR) is 120 cm³/mol. The molecule has 2 amide bonds. The number of nitrogens with zero attached hydrogens (tertiary/aromatic N) is 5. The van der Waals surface area contributed by atoms with Crippen LogP contribution in [0.4, 0.5) is 11.6 Å². The number of nitrogens with one attached hydrogen (secondary N) is 1. The van der Waals surface area contributed by atoms with E-state index >= 15 is 0 Å². The lowest BCUT2D eigenvalue weighted by molar-refractivity contribution is -0.114. The summed E-state index contributed by atoms with van der Waals surface area (Å²) in [6, 6.07) is 8.57. The first-order valence-corrected chi connectivity index (χ1v) is 10.5. The molecular formula is C23H26N6O3. The molecule has 9 heteroatoms. The van der Waals surface area contributed by atoms with Gasteiger partial charge in [-0.2, -0.15) is 0 Å². The number of hydrogen-bond acceptors (Lipinski definition) is 7. The third-order valence-corrected chi connectivity index (χ3v) is 5.38. The molecule has 1 fully saturated rings. The van der Waals surface area contributed by atoms with E-state index in [9.17, 15) is 9.59 Å². The number of benzene rings is 1. The zero-order valence-corrected chi connectivity index (χ0v) is 18.6.